The number of benzene rings is 3. The predicted molar refractivity (Wildman–Crippen MR) is 244 cm³/mol. The van der Waals surface area contributed by atoms with Crippen molar-refractivity contribution in [1.29, 1.82) is 0 Å². The van der Waals surface area contributed by atoms with E-state index < -0.39 is 122 Å². The lowest BCUT2D eigenvalue weighted by molar-refractivity contribution is -0.254. The van der Waals surface area contributed by atoms with E-state index in [2.05, 4.69) is 21.3 Å². The van der Waals surface area contributed by atoms with E-state index in [1.165, 1.54) is 0 Å². The summed E-state index contributed by atoms with van der Waals surface area (Å²) in [4.78, 5) is 97.4. The minimum atomic E-state index is -1.43. The Morgan fingerprint density at radius 2 is 0.779 bits per heavy atom. The van der Waals surface area contributed by atoms with Crippen molar-refractivity contribution in [2.75, 3.05) is 23.8 Å². The minimum absolute atomic E-state index is 0.0555. The summed E-state index contributed by atoms with van der Waals surface area (Å²) in [6, 6.07) is 14.5. The fourth-order valence-electron chi connectivity index (χ4n) is 7.53. The van der Waals surface area contributed by atoms with E-state index in [1.54, 1.807) is 24.3 Å². The molecule has 2 fully saturated rings. The van der Waals surface area contributed by atoms with E-state index in [0.717, 1.165) is 66.2 Å². The molecular formula is C44H50N4O18S2. The highest BCUT2D eigenvalue weighted by molar-refractivity contribution is 7.80. The van der Waals surface area contributed by atoms with Gasteiger partial charge in [-0.25, -0.2) is 0 Å². The van der Waals surface area contributed by atoms with E-state index in [4.69, 9.17) is 71.8 Å². The zero-order chi connectivity index (χ0) is 50.0. The normalized spacial score (nSPS) is 24.2. The monoisotopic (exact) mass is 986 g/mol. The molecule has 5 rings (SSSR count). The second-order valence-corrected chi connectivity index (χ2v) is 16.2. The molecule has 10 atom stereocenters. The van der Waals surface area contributed by atoms with Crippen LogP contribution in [0.4, 0.5) is 11.4 Å². The number of rotatable bonds is 14. The number of carbonyl (C=O) groups excluding carboxylic acids is 8. The predicted octanol–water partition coefficient (Wildman–Crippen LogP) is 2.73. The highest BCUT2D eigenvalue weighted by Crippen LogP contribution is 2.34. The van der Waals surface area contributed by atoms with Crippen molar-refractivity contribution in [3.8, 4) is 0 Å². The number of hydrogen-bond acceptors (Lipinski definition) is 20. The number of hydrogen-bond donors (Lipinski definition) is 4. The lowest BCUT2D eigenvalue weighted by Crippen LogP contribution is -2.66. The van der Waals surface area contributed by atoms with Crippen LogP contribution >= 0.6 is 24.4 Å². The van der Waals surface area contributed by atoms with Gasteiger partial charge < -0.3 is 68.6 Å². The van der Waals surface area contributed by atoms with Gasteiger partial charge in [-0.1, -0.05) is 24.3 Å². The first kappa shape index (κ1) is 52.2. The van der Waals surface area contributed by atoms with Crippen LogP contribution < -0.4 is 21.3 Å². The number of carbonyl (C=O) groups is 8. The van der Waals surface area contributed by atoms with Gasteiger partial charge in [0, 0.05) is 77.5 Å². The topological polar surface area (TPSA) is 277 Å². The smallest absolute Gasteiger partial charge is 0.303 e. The van der Waals surface area contributed by atoms with Crippen molar-refractivity contribution in [3.63, 3.8) is 0 Å². The van der Waals surface area contributed by atoms with Crippen LogP contribution in [0.5, 0.6) is 0 Å². The Bertz CT molecular complexity index is 2310. The van der Waals surface area contributed by atoms with Gasteiger partial charge in [-0.2, -0.15) is 0 Å². The van der Waals surface area contributed by atoms with Crippen molar-refractivity contribution in [1.82, 2.24) is 10.6 Å². The van der Waals surface area contributed by atoms with Crippen LogP contribution in [0.15, 0.2) is 48.5 Å². The molecule has 24 heteroatoms. The number of anilines is 2. The van der Waals surface area contributed by atoms with Crippen molar-refractivity contribution in [2.24, 2.45) is 0 Å². The summed E-state index contributed by atoms with van der Waals surface area (Å²) in [6.45, 7) is 8.12. The van der Waals surface area contributed by atoms with Crippen molar-refractivity contribution >= 4 is 115 Å². The molecule has 0 amide bonds. The maximum absolute atomic E-state index is 12.4. The number of fused-ring (bicyclic) bond motifs is 2. The number of ether oxygens (including phenoxy) is 10. The molecule has 2 saturated heterocycles. The zero-order valence-corrected chi connectivity index (χ0v) is 39.6. The fourth-order valence-corrected chi connectivity index (χ4v) is 7.99. The summed E-state index contributed by atoms with van der Waals surface area (Å²) in [5.74, 6) is -6.10. The highest BCUT2D eigenvalue weighted by atomic mass is 32.1. The summed E-state index contributed by atoms with van der Waals surface area (Å²) in [7, 11) is 0. The van der Waals surface area contributed by atoms with Gasteiger partial charge in [0.15, 0.2) is 59.3 Å². The van der Waals surface area contributed by atoms with Gasteiger partial charge in [-0.15, -0.1) is 0 Å². The molecule has 0 saturated carbocycles. The van der Waals surface area contributed by atoms with Crippen LogP contribution in [0.25, 0.3) is 21.5 Å². The van der Waals surface area contributed by atoms with Crippen molar-refractivity contribution in [2.45, 2.75) is 117 Å². The maximum Gasteiger partial charge on any atom is 0.303 e. The Hall–Kier alpha value is -6.76. The standard InChI is InChI=1S/C44H50N4O18S2/c1-19(49)57-17-33-35(59-21(3)51)37(61-23(5)53)39(63-25(7)55)41(65-33)47-43(67)45-31-13-9-11-27-15-28-12-10-14-32(30(28)16-29(27)31)46-44(68)48-42-40(64-26(8)56)38(62-24(6)54)36(60-22(4)52)34(66-42)18-58-20(2)50/h9-16,33-42H,17-18H2,1-8H3,(H2,45,47,67)(H2,46,48,68)/t33-,34-,35-,36-,37+,38+,39-,40-,41-,42-/m1/s1. The third-order valence-electron chi connectivity index (χ3n) is 9.90. The SMILES string of the molecule is CC(=O)OC[C@H]1O[C@@H](NC(=S)Nc2cccc3cc4cccc(NC(=S)N[C@@H]5O[C@H](COC(C)=O)[C@@H](OC(C)=O)[C@H](OC(C)=O)[C@H]5OC(C)=O)c4cc23)[C@H](OC(C)=O)[C@@H](OC(C)=O)[C@@H]1OC(C)=O. The van der Waals surface area contributed by atoms with Crippen molar-refractivity contribution in [3.05, 3.63) is 48.5 Å². The summed E-state index contributed by atoms with van der Waals surface area (Å²) < 4.78 is 55.7. The molecule has 68 heavy (non-hydrogen) atoms. The summed E-state index contributed by atoms with van der Waals surface area (Å²) in [5.41, 5.74) is 0.973. The van der Waals surface area contributed by atoms with Gasteiger partial charge >= 0.3 is 47.8 Å². The molecule has 22 nitrogen and oxygen atoms in total. The molecule has 0 radical (unpaired) electrons. The Morgan fingerprint density at radius 1 is 0.456 bits per heavy atom. The van der Waals surface area contributed by atoms with Gasteiger partial charge in [-0.05, 0) is 59.5 Å². The first-order chi connectivity index (χ1) is 32.1. The van der Waals surface area contributed by atoms with Crippen LogP contribution in [0, 0.1) is 0 Å². The van der Waals surface area contributed by atoms with Crippen LogP contribution in [-0.4, -0.2) is 132 Å². The number of nitrogens with one attached hydrogen (secondary N) is 4. The van der Waals surface area contributed by atoms with E-state index in [-0.39, 0.29) is 10.2 Å². The largest absolute Gasteiger partial charge is 0.463 e. The highest BCUT2D eigenvalue weighted by Gasteiger charge is 2.54. The van der Waals surface area contributed by atoms with Gasteiger partial charge in [0.25, 0.3) is 0 Å². The summed E-state index contributed by atoms with van der Waals surface area (Å²) in [6.07, 6.45) is -13.6. The van der Waals surface area contributed by atoms with Gasteiger partial charge in [-0.3, -0.25) is 38.4 Å². The zero-order valence-electron chi connectivity index (χ0n) is 38.0. The fraction of sp³-hybridized carbons (Fsp3) is 0.455. The van der Waals surface area contributed by atoms with Crippen molar-refractivity contribution < 1.29 is 85.7 Å². The quantitative estimate of drug-likeness (QED) is 0.0782. The third kappa shape index (κ3) is 14.1. The van der Waals surface area contributed by atoms with Gasteiger partial charge in [0.05, 0.1) is 0 Å². The average molecular weight is 987 g/mol. The number of thiocarbonyl (C=S) groups is 2. The molecule has 0 aliphatic carbocycles. The average Bonchev–Trinajstić information content (AvgIpc) is 3.22. The first-order valence-electron chi connectivity index (χ1n) is 20.8. The molecule has 0 aromatic heterocycles. The number of esters is 8. The molecule has 2 aliphatic heterocycles. The first-order valence-corrected chi connectivity index (χ1v) is 21.6. The molecule has 3 aromatic carbocycles. The van der Waals surface area contributed by atoms with Crippen LogP contribution in [0.1, 0.15) is 55.4 Å². The van der Waals surface area contributed by atoms with Crippen LogP contribution in [0.3, 0.4) is 0 Å². The Balaban J connectivity index is 1.44. The molecule has 2 aliphatic rings. The second-order valence-electron chi connectivity index (χ2n) is 15.3. The van der Waals surface area contributed by atoms with Crippen LogP contribution in [-0.2, 0) is 85.7 Å². The van der Waals surface area contributed by atoms with Gasteiger partial charge in [0.2, 0.25) is 0 Å². The van der Waals surface area contributed by atoms with E-state index >= 15 is 0 Å². The molecule has 3 aromatic rings. The Morgan fingerprint density at radius 3 is 1.10 bits per heavy atom. The lowest BCUT2D eigenvalue weighted by Gasteiger charge is -2.44. The Kier molecular flexibility index (Phi) is 17.9. The minimum Gasteiger partial charge on any atom is -0.463 e. The molecule has 0 spiro atoms. The molecule has 0 unspecified atom stereocenters. The summed E-state index contributed by atoms with van der Waals surface area (Å²) >= 11 is 11.5. The molecule has 2 heterocycles. The van der Waals surface area contributed by atoms with E-state index in [1.807, 2.05) is 24.3 Å². The molecular weight excluding hydrogens is 937 g/mol. The summed E-state index contributed by atoms with van der Waals surface area (Å²) in [5, 5.41) is 14.9. The maximum atomic E-state index is 12.4. The second kappa shape index (κ2) is 23.3. The molecule has 366 valence electrons. The van der Waals surface area contributed by atoms with E-state index in [9.17, 15) is 38.4 Å². The Labute approximate surface area is 399 Å². The van der Waals surface area contributed by atoms with E-state index in [0.29, 0.717) is 22.1 Å². The molecule has 4 N–H and O–H groups in total. The molecule has 0 bridgehead atoms. The lowest BCUT2D eigenvalue weighted by atomic mass is 9.97. The van der Waals surface area contributed by atoms with Gasteiger partial charge in [0.1, 0.15) is 25.4 Å². The van der Waals surface area contributed by atoms with Crippen LogP contribution in [0.2, 0.25) is 0 Å². The third-order valence-corrected chi connectivity index (χ3v) is 10.3.